The van der Waals surface area contributed by atoms with E-state index >= 15 is 0 Å². The Labute approximate surface area is 129 Å². The number of benzene rings is 1. The lowest BCUT2D eigenvalue weighted by atomic mass is 10.1. The molecule has 1 aliphatic heterocycles. The van der Waals surface area contributed by atoms with Gasteiger partial charge in [0.1, 0.15) is 12.7 Å². The minimum Gasteiger partial charge on any atom is -0.348 e. The number of nitrogens with zero attached hydrogens (tertiary/aromatic N) is 3. The van der Waals surface area contributed by atoms with Gasteiger partial charge in [0.25, 0.3) is 5.91 Å². The number of rotatable bonds is 4. The number of hydrogen-bond donors (Lipinski definition) is 2. The van der Waals surface area contributed by atoms with Crippen LogP contribution >= 0.6 is 0 Å². The molecule has 1 aromatic heterocycles. The third-order valence-electron chi connectivity index (χ3n) is 3.77. The van der Waals surface area contributed by atoms with Gasteiger partial charge in [-0.3, -0.25) is 4.79 Å². The summed E-state index contributed by atoms with van der Waals surface area (Å²) in [6.07, 6.45) is 6.26. The second-order valence-electron chi connectivity index (χ2n) is 5.34. The Balaban J connectivity index is 1.68. The molecule has 1 aromatic carbocycles. The molecule has 2 N–H and O–H groups in total. The molecule has 2 aromatic rings. The van der Waals surface area contributed by atoms with Gasteiger partial charge in [-0.1, -0.05) is 11.6 Å². The van der Waals surface area contributed by atoms with Gasteiger partial charge in [0, 0.05) is 18.7 Å². The SMILES string of the molecule is Cc1cc(-n2cncn2)ccc1C(=O)NCC1=CCNCC1. The summed E-state index contributed by atoms with van der Waals surface area (Å²) < 4.78 is 1.68. The standard InChI is InChI=1S/C16H19N5O/c1-12-8-14(21-11-18-10-20-21)2-3-15(12)16(22)19-9-13-4-6-17-7-5-13/h2-4,8,10-11,17H,5-7,9H2,1H3,(H,19,22). The number of aryl methyl sites for hydroxylation is 1. The van der Waals surface area contributed by atoms with Crippen molar-refractivity contribution in [3.63, 3.8) is 0 Å². The van der Waals surface area contributed by atoms with Crippen molar-refractivity contribution in [1.82, 2.24) is 25.4 Å². The van der Waals surface area contributed by atoms with Crippen molar-refractivity contribution < 1.29 is 4.79 Å². The van der Waals surface area contributed by atoms with E-state index in [4.69, 9.17) is 0 Å². The van der Waals surface area contributed by atoms with Gasteiger partial charge in [0.2, 0.25) is 0 Å². The van der Waals surface area contributed by atoms with Crippen LogP contribution in [0.1, 0.15) is 22.3 Å². The summed E-state index contributed by atoms with van der Waals surface area (Å²) in [5.41, 5.74) is 3.79. The predicted molar refractivity (Wildman–Crippen MR) is 84.0 cm³/mol. The molecule has 0 atom stereocenters. The summed E-state index contributed by atoms with van der Waals surface area (Å²) in [7, 11) is 0. The highest BCUT2D eigenvalue weighted by atomic mass is 16.1. The first kappa shape index (κ1) is 14.5. The monoisotopic (exact) mass is 297 g/mol. The van der Waals surface area contributed by atoms with Gasteiger partial charge < -0.3 is 10.6 Å². The highest BCUT2D eigenvalue weighted by molar-refractivity contribution is 5.96. The number of carbonyl (C=O) groups excluding carboxylic acids is 1. The molecule has 0 fully saturated rings. The summed E-state index contributed by atoms with van der Waals surface area (Å²) in [6, 6.07) is 5.65. The minimum atomic E-state index is -0.0397. The van der Waals surface area contributed by atoms with Crippen LogP contribution in [0.25, 0.3) is 5.69 Å². The van der Waals surface area contributed by atoms with Gasteiger partial charge >= 0.3 is 0 Å². The Kier molecular flexibility index (Phi) is 4.29. The van der Waals surface area contributed by atoms with E-state index in [0.29, 0.717) is 12.1 Å². The molecular formula is C16H19N5O. The fourth-order valence-corrected chi connectivity index (χ4v) is 2.51. The maximum Gasteiger partial charge on any atom is 0.251 e. The molecule has 0 bridgehead atoms. The van der Waals surface area contributed by atoms with Crippen molar-refractivity contribution >= 4 is 5.91 Å². The van der Waals surface area contributed by atoms with E-state index in [1.165, 1.54) is 11.9 Å². The van der Waals surface area contributed by atoms with E-state index in [9.17, 15) is 4.79 Å². The van der Waals surface area contributed by atoms with Crippen LogP contribution < -0.4 is 10.6 Å². The maximum absolute atomic E-state index is 12.3. The third-order valence-corrected chi connectivity index (χ3v) is 3.77. The zero-order chi connectivity index (χ0) is 15.4. The molecule has 3 rings (SSSR count). The van der Waals surface area contributed by atoms with Crippen molar-refractivity contribution in [3.05, 3.63) is 53.6 Å². The molecule has 1 amide bonds. The molecule has 2 heterocycles. The Hall–Kier alpha value is -2.47. The van der Waals surface area contributed by atoms with Gasteiger partial charge in [-0.05, 0) is 43.7 Å². The molecule has 0 saturated heterocycles. The Morgan fingerprint density at radius 2 is 2.36 bits per heavy atom. The van der Waals surface area contributed by atoms with Crippen LogP contribution in [-0.4, -0.2) is 40.3 Å². The number of aromatic nitrogens is 3. The van der Waals surface area contributed by atoms with Gasteiger partial charge in [-0.25, -0.2) is 9.67 Å². The molecule has 22 heavy (non-hydrogen) atoms. The largest absolute Gasteiger partial charge is 0.348 e. The number of carbonyl (C=O) groups is 1. The first-order chi connectivity index (χ1) is 10.7. The molecule has 0 spiro atoms. The van der Waals surface area contributed by atoms with Crippen molar-refractivity contribution in [2.45, 2.75) is 13.3 Å². The fraction of sp³-hybridized carbons (Fsp3) is 0.312. The Bertz CT molecular complexity index is 691. The zero-order valence-electron chi connectivity index (χ0n) is 12.5. The Morgan fingerprint density at radius 1 is 1.45 bits per heavy atom. The maximum atomic E-state index is 12.3. The van der Waals surface area contributed by atoms with Crippen molar-refractivity contribution in [3.8, 4) is 5.69 Å². The second kappa shape index (κ2) is 6.53. The van der Waals surface area contributed by atoms with Gasteiger partial charge in [-0.15, -0.1) is 0 Å². The van der Waals surface area contributed by atoms with E-state index in [1.54, 1.807) is 11.0 Å². The number of amides is 1. The lowest BCUT2D eigenvalue weighted by Crippen LogP contribution is -2.30. The van der Waals surface area contributed by atoms with E-state index in [1.807, 2.05) is 25.1 Å². The van der Waals surface area contributed by atoms with E-state index in [-0.39, 0.29) is 5.91 Å². The van der Waals surface area contributed by atoms with E-state index in [2.05, 4.69) is 26.8 Å². The molecule has 114 valence electrons. The summed E-state index contributed by atoms with van der Waals surface area (Å²) in [6.45, 7) is 4.41. The summed E-state index contributed by atoms with van der Waals surface area (Å²) in [4.78, 5) is 16.2. The molecule has 0 aliphatic carbocycles. The molecule has 0 saturated carbocycles. The van der Waals surface area contributed by atoms with E-state index in [0.717, 1.165) is 30.8 Å². The molecular weight excluding hydrogens is 278 g/mol. The average Bonchev–Trinajstić information content (AvgIpc) is 3.08. The van der Waals surface area contributed by atoms with Crippen LogP contribution in [0.4, 0.5) is 0 Å². The van der Waals surface area contributed by atoms with Crippen LogP contribution in [0.3, 0.4) is 0 Å². The first-order valence-electron chi connectivity index (χ1n) is 7.36. The second-order valence-corrected chi connectivity index (χ2v) is 5.34. The molecule has 6 heteroatoms. The van der Waals surface area contributed by atoms with Gasteiger partial charge in [0.05, 0.1) is 5.69 Å². The first-order valence-corrected chi connectivity index (χ1v) is 7.36. The highest BCUT2D eigenvalue weighted by Crippen LogP contribution is 2.14. The van der Waals surface area contributed by atoms with Crippen molar-refractivity contribution in [1.29, 1.82) is 0 Å². The van der Waals surface area contributed by atoms with Crippen LogP contribution in [-0.2, 0) is 0 Å². The fourth-order valence-electron chi connectivity index (χ4n) is 2.51. The van der Waals surface area contributed by atoms with Crippen molar-refractivity contribution in [2.75, 3.05) is 19.6 Å². The predicted octanol–water partition coefficient (Wildman–Crippen LogP) is 1.23. The summed E-state index contributed by atoms with van der Waals surface area (Å²) in [5, 5.41) is 10.3. The quantitative estimate of drug-likeness (QED) is 0.833. The minimum absolute atomic E-state index is 0.0397. The van der Waals surface area contributed by atoms with Crippen LogP contribution in [0.15, 0.2) is 42.5 Å². The van der Waals surface area contributed by atoms with Gasteiger partial charge in [0.15, 0.2) is 0 Å². The molecule has 6 nitrogen and oxygen atoms in total. The average molecular weight is 297 g/mol. The smallest absolute Gasteiger partial charge is 0.251 e. The molecule has 0 radical (unpaired) electrons. The van der Waals surface area contributed by atoms with E-state index < -0.39 is 0 Å². The summed E-state index contributed by atoms with van der Waals surface area (Å²) in [5.74, 6) is -0.0397. The van der Waals surface area contributed by atoms with Crippen LogP contribution in [0.2, 0.25) is 0 Å². The zero-order valence-corrected chi connectivity index (χ0v) is 12.5. The number of hydrogen-bond acceptors (Lipinski definition) is 4. The third kappa shape index (κ3) is 3.23. The van der Waals surface area contributed by atoms with Crippen molar-refractivity contribution in [2.24, 2.45) is 0 Å². The number of nitrogens with one attached hydrogen (secondary N) is 2. The highest BCUT2D eigenvalue weighted by Gasteiger charge is 2.11. The van der Waals surface area contributed by atoms with Gasteiger partial charge in [-0.2, -0.15) is 5.10 Å². The topological polar surface area (TPSA) is 71.8 Å². The lowest BCUT2D eigenvalue weighted by molar-refractivity contribution is 0.0956. The summed E-state index contributed by atoms with van der Waals surface area (Å²) >= 11 is 0. The lowest BCUT2D eigenvalue weighted by Gasteiger charge is -2.15. The molecule has 1 aliphatic rings. The van der Waals surface area contributed by atoms with Crippen LogP contribution in [0.5, 0.6) is 0 Å². The van der Waals surface area contributed by atoms with Crippen LogP contribution in [0, 0.1) is 6.92 Å². The molecule has 0 unspecified atom stereocenters. The Morgan fingerprint density at radius 3 is 3.05 bits per heavy atom. The normalized spacial score (nSPS) is 14.5.